The Labute approximate surface area is 254 Å². The molecule has 2 unspecified atom stereocenters. The molecular weight excluding hydrogens is 598 g/mol. The summed E-state index contributed by atoms with van der Waals surface area (Å²) >= 11 is 2.26. The Morgan fingerprint density at radius 1 is 1.35 bits per heavy atom. The average molecular weight is 631 g/mol. The number of β-lactam (4-membered cyclic amide) rings is 1. The molecule has 3 aromatic rings. The van der Waals surface area contributed by atoms with Crippen LogP contribution >= 0.6 is 23.3 Å². The smallest absolute Gasteiger partial charge is 0.352 e. The van der Waals surface area contributed by atoms with Crippen LogP contribution in [0.1, 0.15) is 19.2 Å². The van der Waals surface area contributed by atoms with Gasteiger partial charge in [-0.25, -0.2) is 9.36 Å². The van der Waals surface area contributed by atoms with E-state index in [1.54, 1.807) is 13.3 Å². The Bertz CT molecular complexity index is 1590. The number of thioether (sulfide) groups is 1. The second-order valence-corrected chi connectivity index (χ2v) is 11.5. The topological polar surface area (TPSA) is 220 Å². The molecule has 5 heterocycles. The molecule has 2 aliphatic heterocycles. The number of carboxylic acids is 1. The Hall–Kier alpha value is -4.13. The van der Waals surface area contributed by atoms with Gasteiger partial charge in [-0.05, 0) is 37.0 Å². The Morgan fingerprint density at radius 3 is 2.91 bits per heavy atom. The second kappa shape index (κ2) is 13.4. The van der Waals surface area contributed by atoms with Gasteiger partial charge >= 0.3 is 11.6 Å². The number of nitrogens with one attached hydrogen (secondary N) is 2. The number of aromatic nitrogens is 5. The zero-order chi connectivity index (χ0) is 30.5. The van der Waals surface area contributed by atoms with E-state index in [0.717, 1.165) is 43.1 Å². The molecule has 2 aliphatic rings. The molecule has 228 valence electrons. The maximum absolute atomic E-state index is 13.2. The second-order valence-electron chi connectivity index (χ2n) is 9.61. The van der Waals surface area contributed by atoms with Crippen LogP contribution in [0.4, 0.5) is 5.13 Å². The monoisotopic (exact) mass is 630 g/mol. The van der Waals surface area contributed by atoms with Crippen molar-refractivity contribution in [2.24, 2.45) is 10.9 Å². The van der Waals surface area contributed by atoms with Crippen molar-refractivity contribution >= 4 is 63.1 Å². The van der Waals surface area contributed by atoms with Crippen molar-refractivity contribution in [3.63, 3.8) is 0 Å². The lowest BCUT2D eigenvalue weighted by molar-refractivity contribution is -0.664. The van der Waals surface area contributed by atoms with Gasteiger partial charge in [0.25, 0.3) is 11.8 Å². The third-order valence-corrected chi connectivity index (χ3v) is 8.66. The summed E-state index contributed by atoms with van der Waals surface area (Å²) in [6.45, 7) is 5.07. The fourth-order valence-corrected chi connectivity index (χ4v) is 6.62. The fraction of sp³-hybridized carbons (Fsp3) is 0.440. The summed E-state index contributed by atoms with van der Waals surface area (Å²) in [6, 6.07) is 2.89. The minimum absolute atomic E-state index is 0.0290. The number of rotatable bonds is 14. The minimum atomic E-state index is -1.22. The molecule has 7 N–H and O–H groups in total. The lowest BCUT2D eigenvalue weighted by atomic mass is 10.0. The van der Waals surface area contributed by atoms with Crippen molar-refractivity contribution < 1.29 is 28.9 Å². The summed E-state index contributed by atoms with van der Waals surface area (Å²) in [5.74, 6) is -2.19. The predicted octanol–water partition coefficient (Wildman–Crippen LogP) is -1.12. The summed E-state index contributed by atoms with van der Waals surface area (Å²) in [7, 11) is 0. The number of nitrogens with two attached hydrogens (primary N) is 2. The third-order valence-electron chi connectivity index (χ3n) is 6.77. The van der Waals surface area contributed by atoms with Gasteiger partial charge in [-0.15, -0.1) is 11.8 Å². The molecule has 0 saturated carbocycles. The highest BCUT2D eigenvalue weighted by molar-refractivity contribution is 8.00. The van der Waals surface area contributed by atoms with Gasteiger partial charge in [0.2, 0.25) is 17.9 Å². The van der Waals surface area contributed by atoms with E-state index in [9.17, 15) is 19.5 Å². The van der Waals surface area contributed by atoms with E-state index in [1.807, 2.05) is 22.9 Å². The number of oxime groups is 1. The highest BCUT2D eigenvalue weighted by Crippen LogP contribution is 2.40. The molecule has 1 saturated heterocycles. The van der Waals surface area contributed by atoms with Crippen LogP contribution in [0.5, 0.6) is 0 Å². The quantitative estimate of drug-likeness (QED) is 0.0470. The number of carbonyl (C=O) groups excluding carboxylic acids is 2. The number of amides is 2. The van der Waals surface area contributed by atoms with Crippen molar-refractivity contribution in [2.45, 2.75) is 37.8 Å². The van der Waals surface area contributed by atoms with Crippen LogP contribution in [-0.2, 0) is 32.3 Å². The first-order chi connectivity index (χ1) is 20.8. The first-order valence-electron chi connectivity index (χ1n) is 13.6. The number of carboxylic acid groups (broad SMARTS) is 1. The zero-order valence-electron chi connectivity index (χ0n) is 23.3. The third kappa shape index (κ3) is 6.31. The van der Waals surface area contributed by atoms with E-state index >= 15 is 0 Å². The van der Waals surface area contributed by atoms with Crippen LogP contribution in [0.2, 0.25) is 0 Å². The molecule has 43 heavy (non-hydrogen) atoms. The van der Waals surface area contributed by atoms with E-state index in [1.165, 1.54) is 16.7 Å². The maximum Gasteiger partial charge on any atom is 0.352 e. The lowest BCUT2D eigenvalue weighted by Gasteiger charge is -2.49. The molecule has 18 heteroatoms. The first kappa shape index (κ1) is 30.3. The van der Waals surface area contributed by atoms with E-state index in [2.05, 4.69) is 34.7 Å². The van der Waals surface area contributed by atoms with Crippen molar-refractivity contribution in [2.75, 3.05) is 37.7 Å². The molecule has 3 aromatic heterocycles. The fourth-order valence-electron chi connectivity index (χ4n) is 4.85. The number of anilines is 1. The number of carbonyl (C=O) groups is 3. The van der Waals surface area contributed by atoms with Crippen LogP contribution < -0.4 is 26.7 Å². The molecule has 0 aromatic carbocycles. The van der Waals surface area contributed by atoms with Crippen LogP contribution in [0.3, 0.4) is 0 Å². The van der Waals surface area contributed by atoms with Crippen LogP contribution in [0, 0.1) is 0 Å². The van der Waals surface area contributed by atoms with Gasteiger partial charge in [0.05, 0.1) is 6.20 Å². The van der Waals surface area contributed by atoms with Gasteiger partial charge in [0.1, 0.15) is 35.8 Å². The largest absolute Gasteiger partial charge is 0.477 e. The Kier molecular flexibility index (Phi) is 9.49. The van der Waals surface area contributed by atoms with Crippen molar-refractivity contribution in [1.82, 2.24) is 34.4 Å². The number of pyridine rings is 1. The molecule has 0 aliphatic carbocycles. The molecular formula is C25H32N11O5S2+. The van der Waals surface area contributed by atoms with Gasteiger partial charge in [-0.3, -0.25) is 14.5 Å². The SMILES string of the molecule is CCO/N=C(/C(=O)NC1C(=O)N2C(C(=O)O)=C(C[n+]3cccc4c3ncn4CCCNCCN)CSC12)c1nsc(N)n1. The Morgan fingerprint density at radius 2 is 2.19 bits per heavy atom. The van der Waals surface area contributed by atoms with Gasteiger partial charge < -0.3 is 36.6 Å². The van der Waals surface area contributed by atoms with E-state index < -0.39 is 29.2 Å². The van der Waals surface area contributed by atoms with E-state index in [4.69, 9.17) is 16.3 Å². The van der Waals surface area contributed by atoms with Crippen LogP contribution in [0.25, 0.3) is 11.2 Å². The predicted molar refractivity (Wildman–Crippen MR) is 159 cm³/mol. The highest BCUT2D eigenvalue weighted by Gasteiger charge is 2.54. The number of fused-ring (bicyclic) bond motifs is 2. The zero-order valence-corrected chi connectivity index (χ0v) is 24.9. The molecule has 0 bridgehead atoms. The Balaban J connectivity index is 1.32. The molecule has 2 atom stereocenters. The summed E-state index contributed by atoms with van der Waals surface area (Å²) in [5, 5.41) is 19.4. The summed E-state index contributed by atoms with van der Waals surface area (Å²) in [5.41, 5.74) is 13.0. The molecule has 16 nitrogen and oxygen atoms in total. The van der Waals surface area contributed by atoms with Gasteiger partial charge in [0, 0.05) is 42.5 Å². The van der Waals surface area contributed by atoms with Crippen molar-refractivity contribution in [3.8, 4) is 0 Å². The first-order valence-corrected chi connectivity index (χ1v) is 15.4. The maximum atomic E-state index is 13.2. The number of hydrogen-bond donors (Lipinski definition) is 5. The van der Waals surface area contributed by atoms with Crippen LogP contribution in [0.15, 0.2) is 41.1 Å². The number of hydrogen-bond acceptors (Lipinski definition) is 13. The summed E-state index contributed by atoms with van der Waals surface area (Å²) in [6.07, 6.45) is 4.51. The molecule has 5 rings (SSSR count). The molecule has 1 fully saturated rings. The number of nitrogens with zero attached hydrogens (tertiary/aromatic N) is 7. The van der Waals surface area contributed by atoms with E-state index in [0.29, 0.717) is 23.5 Å². The number of nitrogen functional groups attached to an aromatic ring is 1. The molecule has 2 amide bonds. The van der Waals surface area contributed by atoms with Gasteiger partial charge in [-0.2, -0.15) is 9.36 Å². The van der Waals surface area contributed by atoms with E-state index in [-0.39, 0.29) is 35.5 Å². The number of aryl methyl sites for hydroxylation is 1. The van der Waals surface area contributed by atoms with Crippen molar-refractivity contribution in [1.29, 1.82) is 0 Å². The summed E-state index contributed by atoms with van der Waals surface area (Å²) in [4.78, 5) is 53.6. The van der Waals surface area contributed by atoms with Crippen molar-refractivity contribution in [3.05, 3.63) is 41.8 Å². The standard InChI is InChI=1S/C25H31N11O5S2/c1-2-41-32-16(19-31-25(27)43-33-19)21(37)30-17-22(38)36-18(24(39)40)14(12-42-23(17)36)11-34-9-3-5-15-20(34)29-13-35(15)10-4-7-28-8-6-26/h3,5,9,13,17,23,28H,2,4,6-8,10-12,26H2,1H3,(H3-,27,30,31,33,37,39,40)/p+1/b32-16+. The van der Waals surface area contributed by atoms with Crippen LogP contribution in [-0.4, -0.2) is 95.8 Å². The average Bonchev–Trinajstić information content (AvgIpc) is 3.62. The summed E-state index contributed by atoms with van der Waals surface area (Å²) < 4.78 is 7.94. The van der Waals surface area contributed by atoms with Gasteiger partial charge in [0.15, 0.2) is 5.13 Å². The highest BCUT2D eigenvalue weighted by atomic mass is 32.2. The van der Waals surface area contributed by atoms with Gasteiger partial charge in [-0.1, -0.05) is 5.16 Å². The molecule has 0 radical (unpaired) electrons. The normalized spacial score (nSPS) is 18.5. The lowest BCUT2D eigenvalue weighted by Crippen LogP contribution is -2.71. The number of imidazole rings is 1. The minimum Gasteiger partial charge on any atom is -0.477 e. The molecule has 0 spiro atoms. The number of aliphatic carboxylic acids is 1.